The Labute approximate surface area is 73.9 Å². The zero-order chi connectivity index (χ0) is 9.26. The van der Waals surface area contributed by atoms with Crippen molar-refractivity contribution in [2.24, 2.45) is 0 Å². The maximum absolute atomic E-state index is 11.2. The molecule has 2 aromatic heterocycles. The van der Waals surface area contributed by atoms with Gasteiger partial charge in [-0.15, -0.1) is 0 Å². The van der Waals surface area contributed by atoms with Gasteiger partial charge in [0, 0.05) is 17.3 Å². The molecular formula is C8H8N4O. The largest absolute Gasteiger partial charge is 0.313 e. The van der Waals surface area contributed by atoms with Gasteiger partial charge in [-0.1, -0.05) is 0 Å². The van der Waals surface area contributed by atoms with E-state index in [1.54, 1.807) is 19.3 Å². The van der Waals surface area contributed by atoms with Crippen molar-refractivity contribution in [3.8, 4) is 11.3 Å². The second-order valence-electron chi connectivity index (χ2n) is 2.69. The smallest absolute Gasteiger partial charge is 0.254 e. The van der Waals surface area contributed by atoms with Crippen LogP contribution in [0.15, 0.2) is 23.5 Å². The van der Waals surface area contributed by atoms with Crippen molar-refractivity contribution in [3.05, 3.63) is 34.6 Å². The quantitative estimate of drug-likeness (QED) is 0.663. The molecule has 0 bridgehead atoms. The van der Waals surface area contributed by atoms with Gasteiger partial charge in [-0.05, 0) is 6.92 Å². The third-order valence-electron chi connectivity index (χ3n) is 1.86. The average molecular weight is 176 g/mol. The summed E-state index contributed by atoms with van der Waals surface area (Å²) in [7, 11) is 0. The van der Waals surface area contributed by atoms with Gasteiger partial charge in [0.2, 0.25) is 0 Å². The highest BCUT2D eigenvalue weighted by molar-refractivity contribution is 5.59. The van der Waals surface area contributed by atoms with E-state index in [2.05, 4.69) is 20.2 Å². The van der Waals surface area contributed by atoms with Gasteiger partial charge >= 0.3 is 0 Å². The predicted octanol–water partition coefficient (Wildman–Crippen LogP) is 0.468. The van der Waals surface area contributed by atoms with Gasteiger partial charge < -0.3 is 4.98 Å². The van der Waals surface area contributed by atoms with E-state index in [1.165, 1.54) is 6.33 Å². The molecule has 2 rings (SSSR count). The first-order chi connectivity index (χ1) is 6.29. The lowest BCUT2D eigenvalue weighted by Crippen LogP contribution is -2.10. The van der Waals surface area contributed by atoms with E-state index in [-0.39, 0.29) is 5.56 Å². The van der Waals surface area contributed by atoms with Crippen LogP contribution in [0.1, 0.15) is 5.56 Å². The maximum Gasteiger partial charge on any atom is 0.254 e. The van der Waals surface area contributed by atoms with Crippen LogP contribution in [0, 0.1) is 6.92 Å². The molecule has 0 aliphatic carbocycles. The van der Waals surface area contributed by atoms with Gasteiger partial charge in [0.05, 0.1) is 18.2 Å². The number of nitrogens with one attached hydrogen (secondary N) is 2. The zero-order valence-corrected chi connectivity index (χ0v) is 7.03. The van der Waals surface area contributed by atoms with Crippen molar-refractivity contribution < 1.29 is 0 Å². The molecule has 0 aliphatic rings. The summed E-state index contributed by atoms with van der Waals surface area (Å²) in [4.78, 5) is 17.8. The summed E-state index contributed by atoms with van der Waals surface area (Å²) in [6.45, 7) is 1.73. The standard InChI is InChI=1S/C8H8N4O/c1-5-7(6-2-11-12-3-6)9-4-10-8(5)13/h2-4H,1H3,(H,11,12)(H,9,10,13). The minimum atomic E-state index is -0.119. The van der Waals surface area contributed by atoms with E-state index >= 15 is 0 Å². The first kappa shape index (κ1) is 7.72. The fraction of sp³-hybridized carbons (Fsp3) is 0.125. The minimum Gasteiger partial charge on any atom is -0.313 e. The van der Waals surface area contributed by atoms with Crippen LogP contribution >= 0.6 is 0 Å². The Balaban J connectivity index is 2.66. The Hall–Kier alpha value is -1.91. The van der Waals surface area contributed by atoms with Crippen LogP contribution in [-0.2, 0) is 0 Å². The normalized spacial score (nSPS) is 10.2. The molecule has 0 saturated carbocycles. The second kappa shape index (κ2) is 2.85. The van der Waals surface area contributed by atoms with Crippen molar-refractivity contribution in [2.45, 2.75) is 6.92 Å². The number of nitrogens with zero attached hydrogens (tertiary/aromatic N) is 2. The predicted molar refractivity (Wildman–Crippen MR) is 47.2 cm³/mol. The van der Waals surface area contributed by atoms with Gasteiger partial charge in [-0.25, -0.2) is 4.98 Å². The molecule has 0 radical (unpaired) electrons. The molecule has 0 atom stereocenters. The SMILES string of the molecule is Cc1c(-c2cn[nH]c2)nc[nH]c1=O. The molecule has 0 aromatic carbocycles. The molecule has 2 N–H and O–H groups in total. The molecule has 0 fully saturated rings. The van der Waals surface area contributed by atoms with Crippen LogP contribution < -0.4 is 5.56 Å². The number of rotatable bonds is 1. The molecule has 5 heteroatoms. The highest BCUT2D eigenvalue weighted by Crippen LogP contribution is 2.14. The number of aromatic nitrogens is 4. The van der Waals surface area contributed by atoms with E-state index in [0.29, 0.717) is 11.3 Å². The van der Waals surface area contributed by atoms with Gasteiger partial charge in [-0.3, -0.25) is 9.89 Å². The number of hydrogen-bond donors (Lipinski definition) is 2. The van der Waals surface area contributed by atoms with Crippen LogP contribution in [0.25, 0.3) is 11.3 Å². The summed E-state index contributed by atoms with van der Waals surface area (Å²) >= 11 is 0. The van der Waals surface area contributed by atoms with Crippen molar-refractivity contribution in [1.29, 1.82) is 0 Å². The molecule has 13 heavy (non-hydrogen) atoms. The van der Waals surface area contributed by atoms with Crippen LogP contribution in [0.2, 0.25) is 0 Å². The highest BCUT2D eigenvalue weighted by Gasteiger charge is 2.06. The van der Waals surface area contributed by atoms with Crippen LogP contribution in [0.4, 0.5) is 0 Å². The lowest BCUT2D eigenvalue weighted by molar-refractivity contribution is 1.08. The fourth-order valence-electron chi connectivity index (χ4n) is 1.14. The molecular weight excluding hydrogens is 168 g/mol. The summed E-state index contributed by atoms with van der Waals surface area (Å²) in [5.74, 6) is 0. The zero-order valence-electron chi connectivity index (χ0n) is 7.03. The molecule has 0 unspecified atom stereocenters. The third kappa shape index (κ3) is 1.24. The Morgan fingerprint density at radius 2 is 2.31 bits per heavy atom. The topological polar surface area (TPSA) is 74.4 Å². The number of hydrogen-bond acceptors (Lipinski definition) is 3. The van der Waals surface area contributed by atoms with E-state index in [9.17, 15) is 4.79 Å². The van der Waals surface area contributed by atoms with Gasteiger partial charge in [0.15, 0.2) is 0 Å². The van der Waals surface area contributed by atoms with E-state index < -0.39 is 0 Å². The number of aromatic amines is 2. The Morgan fingerprint density at radius 1 is 1.46 bits per heavy atom. The molecule has 0 aliphatic heterocycles. The van der Waals surface area contributed by atoms with Gasteiger partial charge in [0.25, 0.3) is 5.56 Å². The molecule has 66 valence electrons. The van der Waals surface area contributed by atoms with Crippen molar-refractivity contribution >= 4 is 0 Å². The molecule has 0 amide bonds. The highest BCUT2D eigenvalue weighted by atomic mass is 16.1. The van der Waals surface area contributed by atoms with Crippen molar-refractivity contribution in [3.63, 3.8) is 0 Å². The third-order valence-corrected chi connectivity index (χ3v) is 1.86. The first-order valence-electron chi connectivity index (χ1n) is 3.82. The van der Waals surface area contributed by atoms with Crippen LogP contribution in [-0.4, -0.2) is 20.2 Å². The van der Waals surface area contributed by atoms with E-state index in [1.807, 2.05) is 0 Å². The summed E-state index contributed by atoms with van der Waals surface area (Å²) < 4.78 is 0. The van der Waals surface area contributed by atoms with Crippen LogP contribution in [0.3, 0.4) is 0 Å². The molecule has 2 heterocycles. The molecule has 5 nitrogen and oxygen atoms in total. The molecule has 2 aromatic rings. The van der Waals surface area contributed by atoms with Gasteiger partial charge in [-0.2, -0.15) is 5.10 Å². The Kier molecular flexibility index (Phi) is 1.70. The molecule has 0 spiro atoms. The van der Waals surface area contributed by atoms with Crippen molar-refractivity contribution in [2.75, 3.05) is 0 Å². The summed E-state index contributed by atoms with van der Waals surface area (Å²) in [5.41, 5.74) is 1.97. The maximum atomic E-state index is 11.2. The number of H-pyrrole nitrogens is 2. The van der Waals surface area contributed by atoms with Crippen LogP contribution in [0.5, 0.6) is 0 Å². The Bertz CT molecular complexity index is 457. The lowest BCUT2D eigenvalue weighted by atomic mass is 10.1. The monoisotopic (exact) mass is 176 g/mol. The van der Waals surface area contributed by atoms with Crippen molar-refractivity contribution in [1.82, 2.24) is 20.2 Å². The average Bonchev–Trinajstić information content (AvgIpc) is 2.62. The van der Waals surface area contributed by atoms with E-state index in [0.717, 1.165) is 5.56 Å². The van der Waals surface area contributed by atoms with E-state index in [4.69, 9.17) is 0 Å². The van der Waals surface area contributed by atoms with Gasteiger partial charge in [0.1, 0.15) is 0 Å². The summed E-state index contributed by atoms with van der Waals surface area (Å²) in [5, 5.41) is 6.46. The lowest BCUT2D eigenvalue weighted by Gasteiger charge is -1.98. The molecule has 0 saturated heterocycles. The summed E-state index contributed by atoms with van der Waals surface area (Å²) in [6, 6.07) is 0. The fourth-order valence-corrected chi connectivity index (χ4v) is 1.14. The minimum absolute atomic E-state index is 0.119. The summed E-state index contributed by atoms with van der Waals surface area (Å²) in [6.07, 6.45) is 4.72. The Morgan fingerprint density at radius 3 is 3.00 bits per heavy atom. The second-order valence-corrected chi connectivity index (χ2v) is 2.69. The first-order valence-corrected chi connectivity index (χ1v) is 3.82.